The zero-order chi connectivity index (χ0) is 16.6. The highest BCUT2D eigenvalue weighted by molar-refractivity contribution is 8.76. The SMILES string of the molecule is Oc1c(Cl)cc(Cl)c(SSc2c(Cl)cc(Cl)c(O)c2Cl)c1Cl. The third-order valence-corrected chi connectivity index (χ3v) is 7.29. The summed E-state index contributed by atoms with van der Waals surface area (Å²) in [5.41, 5.74) is 0. The first-order valence-electron chi connectivity index (χ1n) is 5.31. The van der Waals surface area contributed by atoms with Crippen LogP contribution in [0.25, 0.3) is 0 Å². The molecule has 0 radical (unpaired) electrons. The van der Waals surface area contributed by atoms with E-state index in [0.29, 0.717) is 9.79 Å². The number of aromatic hydroxyl groups is 2. The first-order valence-corrected chi connectivity index (χ1v) is 9.73. The van der Waals surface area contributed by atoms with Gasteiger partial charge in [0.15, 0.2) is 11.5 Å². The van der Waals surface area contributed by atoms with Crippen LogP contribution in [0.15, 0.2) is 21.9 Å². The number of hydrogen-bond acceptors (Lipinski definition) is 4. The van der Waals surface area contributed by atoms with Crippen molar-refractivity contribution in [1.29, 1.82) is 0 Å². The second-order valence-electron chi connectivity index (χ2n) is 3.83. The molecule has 2 aromatic carbocycles. The summed E-state index contributed by atoms with van der Waals surface area (Å²) in [6.07, 6.45) is 0. The van der Waals surface area contributed by atoms with E-state index < -0.39 is 0 Å². The number of benzene rings is 2. The highest BCUT2D eigenvalue weighted by Gasteiger charge is 2.19. The topological polar surface area (TPSA) is 40.5 Å². The number of phenolic OH excluding ortho intramolecular Hbond substituents is 2. The first-order chi connectivity index (χ1) is 10.2. The third-order valence-electron chi connectivity index (χ3n) is 2.42. The molecule has 2 nitrogen and oxygen atoms in total. The van der Waals surface area contributed by atoms with E-state index >= 15 is 0 Å². The Bertz CT molecular complexity index is 690. The molecule has 2 N–H and O–H groups in total. The summed E-state index contributed by atoms with van der Waals surface area (Å²) in [6, 6.07) is 2.74. The van der Waals surface area contributed by atoms with Crippen LogP contribution in [0.4, 0.5) is 0 Å². The summed E-state index contributed by atoms with van der Waals surface area (Å²) in [6.45, 7) is 0. The molecule has 0 spiro atoms. The van der Waals surface area contributed by atoms with Gasteiger partial charge in [-0.25, -0.2) is 0 Å². The van der Waals surface area contributed by atoms with Crippen molar-refractivity contribution < 1.29 is 10.2 Å². The van der Waals surface area contributed by atoms with Crippen LogP contribution >= 0.6 is 91.2 Å². The minimum atomic E-state index is -0.271. The molecule has 2 rings (SSSR count). The van der Waals surface area contributed by atoms with Gasteiger partial charge in [0.25, 0.3) is 0 Å². The minimum Gasteiger partial charge on any atom is -0.505 e. The molecule has 0 fully saturated rings. The molecular weight excluding hydrogens is 453 g/mol. The molecule has 0 bridgehead atoms. The average molecular weight is 457 g/mol. The zero-order valence-corrected chi connectivity index (χ0v) is 16.3. The lowest BCUT2D eigenvalue weighted by Crippen LogP contribution is -1.81. The van der Waals surface area contributed by atoms with Crippen molar-refractivity contribution in [2.75, 3.05) is 0 Å². The summed E-state index contributed by atoms with van der Waals surface area (Å²) in [5.74, 6) is -0.543. The Morgan fingerprint density at radius 2 is 0.909 bits per heavy atom. The first kappa shape index (κ1) is 18.8. The molecule has 0 atom stereocenters. The van der Waals surface area contributed by atoms with Crippen LogP contribution in [0, 0.1) is 0 Å². The van der Waals surface area contributed by atoms with Gasteiger partial charge in [0.2, 0.25) is 0 Å². The maximum atomic E-state index is 9.74. The number of halogens is 6. The average Bonchev–Trinajstić information content (AvgIpc) is 2.45. The van der Waals surface area contributed by atoms with Gasteiger partial charge >= 0.3 is 0 Å². The Labute approximate surface area is 164 Å². The molecule has 0 saturated heterocycles. The van der Waals surface area contributed by atoms with Gasteiger partial charge < -0.3 is 10.2 Å². The molecule has 118 valence electrons. The van der Waals surface area contributed by atoms with E-state index in [0.717, 1.165) is 21.6 Å². The van der Waals surface area contributed by atoms with Crippen molar-refractivity contribution in [1.82, 2.24) is 0 Å². The Balaban J connectivity index is 2.36. The van der Waals surface area contributed by atoms with Crippen LogP contribution in [0.3, 0.4) is 0 Å². The Morgan fingerprint density at radius 3 is 1.23 bits per heavy atom. The van der Waals surface area contributed by atoms with Crippen LogP contribution in [0.1, 0.15) is 0 Å². The van der Waals surface area contributed by atoms with Gasteiger partial charge in [-0.15, -0.1) is 0 Å². The standard InChI is InChI=1S/C12H4Cl6O2S2/c13-3-1-5(15)11(7(17)9(3)19)21-22-12-6(16)2-4(14)10(20)8(12)18/h1-2,19-20H. The van der Waals surface area contributed by atoms with Gasteiger partial charge in [0, 0.05) is 0 Å². The molecule has 0 amide bonds. The summed E-state index contributed by atoms with van der Waals surface area (Å²) in [5, 5.41) is 20.1. The highest BCUT2D eigenvalue weighted by atomic mass is 35.5. The van der Waals surface area contributed by atoms with Crippen LogP contribution < -0.4 is 0 Å². The lowest BCUT2D eigenvalue weighted by Gasteiger charge is -2.11. The van der Waals surface area contributed by atoms with Crippen molar-refractivity contribution >= 4 is 91.2 Å². The van der Waals surface area contributed by atoms with Gasteiger partial charge in [0.1, 0.15) is 0 Å². The van der Waals surface area contributed by atoms with Crippen molar-refractivity contribution in [3.05, 3.63) is 42.3 Å². The fourth-order valence-electron chi connectivity index (χ4n) is 1.36. The second kappa shape index (κ2) is 7.58. The van der Waals surface area contributed by atoms with E-state index in [-0.39, 0.29) is 41.6 Å². The largest absolute Gasteiger partial charge is 0.505 e. The maximum Gasteiger partial charge on any atom is 0.154 e. The second-order valence-corrected chi connectivity index (χ2v) is 8.37. The quantitative estimate of drug-likeness (QED) is 0.462. The molecular formula is C12H4Cl6O2S2. The lowest BCUT2D eigenvalue weighted by atomic mass is 10.3. The van der Waals surface area contributed by atoms with E-state index in [1.54, 1.807) is 0 Å². The highest BCUT2D eigenvalue weighted by Crippen LogP contribution is 2.53. The smallest absolute Gasteiger partial charge is 0.154 e. The van der Waals surface area contributed by atoms with Crippen LogP contribution in [0.5, 0.6) is 11.5 Å². The molecule has 0 aliphatic carbocycles. The van der Waals surface area contributed by atoms with Crippen molar-refractivity contribution in [2.45, 2.75) is 9.79 Å². The molecule has 0 aliphatic heterocycles. The molecule has 0 aliphatic rings. The number of rotatable bonds is 3. The van der Waals surface area contributed by atoms with Gasteiger partial charge in [-0.2, -0.15) is 0 Å². The van der Waals surface area contributed by atoms with Gasteiger partial charge in [-0.05, 0) is 33.7 Å². The van der Waals surface area contributed by atoms with Crippen molar-refractivity contribution in [3.63, 3.8) is 0 Å². The molecule has 0 unspecified atom stereocenters. The Morgan fingerprint density at radius 1 is 0.591 bits per heavy atom. The van der Waals surface area contributed by atoms with E-state index in [2.05, 4.69) is 0 Å². The molecule has 2 aromatic rings. The zero-order valence-electron chi connectivity index (χ0n) is 10.1. The monoisotopic (exact) mass is 454 g/mol. The molecule has 0 aromatic heterocycles. The van der Waals surface area contributed by atoms with Crippen LogP contribution in [-0.2, 0) is 0 Å². The Kier molecular flexibility index (Phi) is 6.48. The molecule has 22 heavy (non-hydrogen) atoms. The third kappa shape index (κ3) is 3.76. The van der Waals surface area contributed by atoms with Gasteiger partial charge in [0.05, 0.1) is 39.9 Å². The molecule has 0 saturated carbocycles. The fourth-order valence-corrected chi connectivity index (χ4v) is 6.22. The number of hydrogen-bond donors (Lipinski definition) is 2. The summed E-state index contributed by atoms with van der Waals surface area (Å²) < 4.78 is 0. The Hall–Kier alpha value is 0.480. The lowest BCUT2D eigenvalue weighted by molar-refractivity contribution is 0.474. The van der Waals surface area contributed by atoms with E-state index in [9.17, 15) is 10.2 Å². The van der Waals surface area contributed by atoms with Crippen molar-refractivity contribution in [3.8, 4) is 11.5 Å². The summed E-state index contributed by atoms with van der Waals surface area (Å²) in [7, 11) is 2.21. The molecule has 10 heteroatoms. The van der Waals surface area contributed by atoms with E-state index in [1.807, 2.05) is 0 Å². The number of phenols is 2. The maximum absolute atomic E-state index is 9.74. The summed E-state index contributed by atoms with van der Waals surface area (Å²) in [4.78, 5) is 0.772. The predicted octanol–water partition coefficient (Wildman–Crippen LogP) is 7.82. The van der Waals surface area contributed by atoms with Gasteiger partial charge in [-0.1, -0.05) is 69.6 Å². The summed E-state index contributed by atoms with van der Waals surface area (Å²) >= 11 is 35.7. The molecule has 0 heterocycles. The van der Waals surface area contributed by atoms with Crippen molar-refractivity contribution in [2.24, 2.45) is 0 Å². The normalized spacial score (nSPS) is 11.0. The van der Waals surface area contributed by atoms with Crippen LogP contribution in [-0.4, -0.2) is 10.2 Å². The van der Waals surface area contributed by atoms with Crippen LogP contribution in [0.2, 0.25) is 30.1 Å². The minimum absolute atomic E-state index is 0.0143. The van der Waals surface area contributed by atoms with Gasteiger partial charge in [-0.3, -0.25) is 0 Å². The predicted molar refractivity (Wildman–Crippen MR) is 98.0 cm³/mol. The fraction of sp³-hybridized carbons (Fsp3) is 0. The van der Waals surface area contributed by atoms with E-state index in [1.165, 1.54) is 12.1 Å². The van der Waals surface area contributed by atoms with E-state index in [4.69, 9.17) is 69.6 Å².